The molecule has 32 heteroatoms. The van der Waals surface area contributed by atoms with Gasteiger partial charge in [-0.2, -0.15) is 0 Å². The zero-order chi connectivity index (χ0) is 85.7. The number of fused-ring (bicyclic) bond motifs is 6. The highest BCUT2D eigenvalue weighted by molar-refractivity contribution is 8.76. The van der Waals surface area contributed by atoms with E-state index in [2.05, 4.69) is 47.9 Å². The predicted molar refractivity (Wildman–Crippen MR) is 456 cm³/mol. The van der Waals surface area contributed by atoms with Crippen LogP contribution in [0.4, 0.5) is 4.79 Å². The van der Waals surface area contributed by atoms with E-state index in [4.69, 9.17) is 14.2 Å². The number of rotatable bonds is 23. The van der Waals surface area contributed by atoms with Gasteiger partial charge in [-0.1, -0.05) is 126 Å². The number of carbonyl (C=O) groups is 13. The molecule has 3 aromatic rings. The zero-order valence-electron chi connectivity index (χ0n) is 69.2. The third kappa shape index (κ3) is 22.0. The lowest BCUT2D eigenvalue weighted by Crippen LogP contribution is -2.62. The molecule has 6 fully saturated rings. The van der Waals surface area contributed by atoms with Crippen LogP contribution in [0.2, 0.25) is 0 Å². The third-order valence-corrected chi connectivity index (χ3v) is 27.8. The average Bonchev–Trinajstić information content (AvgIpc) is 1.57. The molecule has 5 heterocycles. The highest BCUT2D eigenvalue weighted by Crippen LogP contribution is 2.66. The van der Waals surface area contributed by atoms with E-state index in [9.17, 15) is 29.4 Å². The van der Waals surface area contributed by atoms with E-state index >= 15 is 43.2 Å². The number of ketones is 2. The standard InChI is InChI=1S/C88H114N12O18S2.CH4.2H2/c1-51(101)74-81(111)95-67(72(104)48-117-84(114)88(116-7)36-35-61-60-33-31-54-43-57(102)32-34-59(54)73(60)71(103)45-87(61,88)5)49-119-120-50-68(96-77(107)65(42-53-23-12-9-13-24-53)94-80(110)69-29-19-39-99(69)83(113)70-30-20-40-100(70)82(112)55-25-18-38-98(6)47-55)79(109)92-64(41-52-21-10-8-11-22-52)76(106)93-66(44-56-46-90-62-27-15-14-26-58(56)62)78(108)91-63(75(105)97-74)28-16-17-37-89-85(115)118-86(2,3)4;;;/h8-15,18,21-27,38,43,46-47,51,58-71,73-74,90,101,103H,16-17,19-20,28-37,39-42,44-45,48-50H2,1-7H3,(H7-,89,91,92,93,94,95,96,97,105,106,107,108,109,110,111,115);1H4;2*1H/p+1/t51?,58?,59?,60?,61?,62?,63?,64?,65?,66?,67?,68?,69?,70?,71?,73?,74?,87?,88-;;;/m1.../s1/i;;2*1+1. The van der Waals surface area contributed by atoms with Gasteiger partial charge in [0.15, 0.2) is 36.2 Å². The average molecular weight is 1720 g/mol. The van der Waals surface area contributed by atoms with Crippen molar-refractivity contribution in [1.82, 2.24) is 57.7 Å². The molecular weight excluding hydrogens is 1590 g/mol. The Morgan fingerprint density at radius 2 is 1.42 bits per heavy atom. The second kappa shape index (κ2) is 40.9. The van der Waals surface area contributed by atoms with Crippen molar-refractivity contribution in [2.75, 3.05) is 44.9 Å². The van der Waals surface area contributed by atoms with Gasteiger partial charge in [0, 0.05) is 77.8 Å². The maximum absolute atomic E-state index is 15.7. The number of nitrogens with zero attached hydrogens (tertiary/aromatic N) is 3. The van der Waals surface area contributed by atoms with E-state index in [-0.39, 0.29) is 140 Å². The first-order chi connectivity index (χ1) is 57.4. The summed E-state index contributed by atoms with van der Waals surface area (Å²) < 4.78 is 19.5. The molecule has 10 amide bonds. The van der Waals surface area contributed by atoms with Gasteiger partial charge in [-0.15, -0.1) is 0 Å². The molecule has 0 radical (unpaired) electrons. The molecule has 3 saturated carbocycles. The minimum atomic E-state index is -1.84. The van der Waals surface area contributed by atoms with Crippen LogP contribution in [0.3, 0.4) is 0 Å². The number of amides is 10. The maximum atomic E-state index is 15.7. The van der Waals surface area contributed by atoms with Crippen molar-refractivity contribution in [1.29, 1.82) is 0 Å². The number of aliphatic hydroxyl groups is 2. The van der Waals surface area contributed by atoms with Crippen molar-refractivity contribution in [3.8, 4) is 0 Å². The fourth-order valence-corrected chi connectivity index (χ4v) is 21.7. The molecular formula is C89H123N12O18S2+. The number of alkyl carbamates (subject to hydrolysis) is 1. The van der Waals surface area contributed by atoms with Gasteiger partial charge in [0.25, 0.3) is 5.91 Å². The van der Waals surface area contributed by atoms with E-state index in [1.807, 2.05) is 31.2 Å². The Kier molecular flexibility index (Phi) is 31.1. The molecule has 18 unspecified atom stereocenters. The van der Waals surface area contributed by atoms with Gasteiger partial charge >= 0.3 is 12.1 Å². The summed E-state index contributed by atoms with van der Waals surface area (Å²) in [7, 11) is 5.09. The summed E-state index contributed by atoms with van der Waals surface area (Å²) >= 11 is 0. The number of ether oxygens (including phenoxy) is 3. The molecule has 658 valence electrons. The molecule has 0 bridgehead atoms. The van der Waals surface area contributed by atoms with Crippen molar-refractivity contribution in [2.24, 2.45) is 42.1 Å². The molecule has 121 heavy (non-hydrogen) atoms. The van der Waals surface area contributed by atoms with E-state index in [1.165, 1.54) is 23.8 Å². The number of esters is 1. The number of nitrogens with one attached hydrogen (secondary N) is 9. The fraction of sp³-hybridized carbons (Fsp3) is 0.573. The largest absolute Gasteiger partial charge is 0.455 e. The number of pyridine rings is 1. The highest BCUT2D eigenvalue weighted by atomic mass is 33.1. The Balaban J connectivity index is 0.00000572. The number of unbranched alkanes of at least 4 members (excludes halogenated alkanes) is 1. The first-order valence-corrected chi connectivity index (χ1v) is 44.5. The monoisotopic (exact) mass is 1710 g/mol. The summed E-state index contributed by atoms with van der Waals surface area (Å²) in [5, 5.41) is 49.5. The number of hydrogen-bond donors (Lipinski definition) is 11. The molecule has 12 rings (SSSR count). The van der Waals surface area contributed by atoms with Crippen LogP contribution in [-0.4, -0.2) is 225 Å². The molecule has 11 N–H and O–H groups in total. The Morgan fingerprint density at radius 3 is 2.13 bits per heavy atom. The van der Waals surface area contributed by atoms with Crippen molar-refractivity contribution in [3.63, 3.8) is 0 Å². The van der Waals surface area contributed by atoms with Crippen LogP contribution in [0.5, 0.6) is 0 Å². The van der Waals surface area contributed by atoms with Gasteiger partial charge < -0.3 is 82.1 Å². The van der Waals surface area contributed by atoms with Crippen LogP contribution >= 0.6 is 21.6 Å². The summed E-state index contributed by atoms with van der Waals surface area (Å²) in [5.74, 6) is -9.84. The summed E-state index contributed by atoms with van der Waals surface area (Å²) in [5.41, 5.74) is -0.139. The number of benzene rings is 2. The molecule has 1 aromatic heterocycles. The van der Waals surface area contributed by atoms with Crippen molar-refractivity contribution >= 4 is 98.4 Å². The molecule has 4 aliphatic heterocycles. The van der Waals surface area contributed by atoms with Gasteiger partial charge in [0.2, 0.25) is 47.3 Å². The van der Waals surface area contributed by atoms with Crippen molar-refractivity contribution < 1.29 is 94.2 Å². The normalized spacial score (nSPS) is 30.0. The second-order valence-electron chi connectivity index (χ2n) is 34.5. The SMILES string of the molecule is C.CO[C@@]1(C(=O)OCC(=O)C2CSSCC(NC(=O)C(Cc3ccccc3)NC(=O)C3CCCN3C(=O)C3CCCN3C(=O)c3ccc[n+](C)c3)C(=O)NC(Cc3ccccc3)C(=O)NC(CC3=CNC4C=CC=CC34)C(=O)NC(CCCCNC(=O)OC(C)(C)C)C(=O)NC(C(C)O)C(=O)N2)CCC2C3CCC4=CC(=O)CCC4C3C(O)CC21C.[2HH].[2HH]. The molecule has 3 saturated heterocycles. The molecule has 9 aliphatic rings. The Labute approximate surface area is 718 Å². The van der Waals surface area contributed by atoms with Crippen LogP contribution in [-0.2, 0) is 86.8 Å². The summed E-state index contributed by atoms with van der Waals surface area (Å²) in [4.78, 5) is 195. The van der Waals surface area contributed by atoms with Crippen LogP contribution in [0.15, 0.2) is 133 Å². The van der Waals surface area contributed by atoms with Crippen LogP contribution in [0.1, 0.15) is 163 Å². The van der Waals surface area contributed by atoms with E-state index in [1.54, 1.807) is 130 Å². The number of likely N-dealkylation sites (tertiary alicyclic amines) is 2. The molecule has 2 aromatic carbocycles. The van der Waals surface area contributed by atoms with E-state index in [0.29, 0.717) is 80.2 Å². The fourth-order valence-electron chi connectivity index (χ4n) is 19.3. The summed E-state index contributed by atoms with van der Waals surface area (Å²) in [6, 6.07) is 7.78. The number of hydrogen-bond acceptors (Lipinski definition) is 21. The topological polar surface area (TPSA) is 409 Å². The van der Waals surface area contributed by atoms with Gasteiger partial charge in [0.05, 0.1) is 18.2 Å². The molecule has 30 nitrogen and oxygen atoms in total. The molecule has 5 aliphatic carbocycles. The number of carbonyl (C=O) groups excluding carboxylic acids is 13. The lowest BCUT2D eigenvalue weighted by Gasteiger charge is -2.57. The lowest BCUT2D eigenvalue weighted by atomic mass is 9.49. The van der Waals surface area contributed by atoms with Gasteiger partial charge in [-0.25, -0.2) is 14.2 Å². The predicted octanol–water partition coefficient (Wildman–Crippen LogP) is 5.18. The smallest absolute Gasteiger partial charge is 0.407 e. The highest BCUT2D eigenvalue weighted by Gasteiger charge is 2.69. The van der Waals surface area contributed by atoms with Crippen LogP contribution < -0.4 is 52.4 Å². The van der Waals surface area contributed by atoms with Crippen molar-refractivity contribution in [3.05, 3.63) is 150 Å². The second-order valence-corrected chi connectivity index (χ2v) is 37.1. The zero-order valence-corrected chi connectivity index (χ0v) is 70.8. The number of aromatic nitrogens is 1. The summed E-state index contributed by atoms with van der Waals surface area (Å²) in [6.45, 7) is 7.92. The number of methoxy groups -OCH3 is 1. The third-order valence-electron chi connectivity index (χ3n) is 25.3. The van der Waals surface area contributed by atoms with E-state index < -0.39 is 155 Å². The molecule has 0 spiro atoms. The quantitative estimate of drug-likeness (QED) is 0.0252. The van der Waals surface area contributed by atoms with Crippen LogP contribution in [0.25, 0.3) is 0 Å². The lowest BCUT2D eigenvalue weighted by molar-refractivity contribution is -0.671. The van der Waals surface area contributed by atoms with Crippen LogP contribution in [0, 0.1) is 35.0 Å². The first-order valence-electron chi connectivity index (χ1n) is 42.1. The number of allylic oxidation sites excluding steroid dienone is 3. The maximum Gasteiger partial charge on any atom is 0.407 e. The number of aryl methyl sites for hydroxylation is 1. The number of Topliss-reactive ketones (excluding diaryl/α,β-unsaturated/α-hetero) is 1. The number of aliphatic hydroxyl groups excluding tert-OH is 2. The van der Waals surface area contributed by atoms with E-state index in [0.717, 1.165) is 27.2 Å². The Morgan fingerprint density at radius 1 is 0.752 bits per heavy atom. The molecule has 19 atom stereocenters. The summed E-state index contributed by atoms with van der Waals surface area (Å²) in [6.07, 6.45) is 16.0. The van der Waals surface area contributed by atoms with Gasteiger partial charge in [-0.05, 0) is 176 Å². The minimum absolute atomic E-state index is 0. The Bertz CT molecular complexity index is 4460. The Hall–Kier alpha value is -9.76. The van der Waals surface area contributed by atoms with Gasteiger partial charge in [-0.3, -0.25) is 52.7 Å². The minimum Gasteiger partial charge on any atom is -0.455 e. The van der Waals surface area contributed by atoms with Crippen molar-refractivity contribution in [2.45, 2.75) is 235 Å². The van der Waals surface area contributed by atoms with Gasteiger partial charge in [0.1, 0.15) is 72.6 Å². The first kappa shape index (κ1) is 92.0.